The van der Waals surface area contributed by atoms with Crippen molar-refractivity contribution in [2.24, 2.45) is 18.9 Å². The van der Waals surface area contributed by atoms with Gasteiger partial charge in [-0.15, -0.1) is 0 Å². The molecule has 3 aromatic rings. The summed E-state index contributed by atoms with van der Waals surface area (Å²) in [5, 5.41) is 11.0. The zero-order chi connectivity index (χ0) is 23.8. The lowest BCUT2D eigenvalue weighted by Gasteiger charge is -2.22. The van der Waals surface area contributed by atoms with Gasteiger partial charge >= 0.3 is 0 Å². The number of nitrogens with zero attached hydrogens (tertiary/aromatic N) is 3. The van der Waals surface area contributed by atoms with Crippen molar-refractivity contribution in [2.75, 3.05) is 38.2 Å². The van der Waals surface area contributed by atoms with Gasteiger partial charge in [-0.3, -0.25) is 9.48 Å². The van der Waals surface area contributed by atoms with Gasteiger partial charge in [0.2, 0.25) is 0 Å². The van der Waals surface area contributed by atoms with E-state index in [4.69, 9.17) is 4.74 Å². The molecular formula is C27H33N5O2. The lowest BCUT2D eigenvalue weighted by Crippen LogP contribution is -2.28. The fourth-order valence-corrected chi connectivity index (χ4v) is 5.20. The molecule has 2 fully saturated rings. The maximum Gasteiger partial charge on any atom is 0.252 e. The third kappa shape index (κ3) is 4.40. The summed E-state index contributed by atoms with van der Waals surface area (Å²) in [4.78, 5) is 15.8. The first-order valence-electron chi connectivity index (χ1n) is 12.0. The van der Waals surface area contributed by atoms with Crippen LogP contribution in [0.3, 0.4) is 0 Å². The highest BCUT2D eigenvalue weighted by Crippen LogP contribution is 2.32. The van der Waals surface area contributed by atoms with Crippen molar-refractivity contribution in [2.45, 2.75) is 19.9 Å². The van der Waals surface area contributed by atoms with Crippen LogP contribution in [0, 0.1) is 18.8 Å². The van der Waals surface area contributed by atoms with Crippen molar-refractivity contribution in [3.8, 4) is 16.9 Å². The van der Waals surface area contributed by atoms with E-state index in [1.54, 1.807) is 11.8 Å². The molecule has 34 heavy (non-hydrogen) atoms. The van der Waals surface area contributed by atoms with Crippen molar-refractivity contribution in [3.63, 3.8) is 0 Å². The van der Waals surface area contributed by atoms with Gasteiger partial charge in [-0.1, -0.05) is 6.07 Å². The Morgan fingerprint density at radius 2 is 1.91 bits per heavy atom. The van der Waals surface area contributed by atoms with Gasteiger partial charge in [-0.2, -0.15) is 5.10 Å². The van der Waals surface area contributed by atoms with Crippen LogP contribution in [0.4, 0.5) is 5.69 Å². The zero-order valence-electron chi connectivity index (χ0n) is 20.3. The number of fused-ring (bicyclic) bond motifs is 1. The number of anilines is 1. The zero-order valence-corrected chi connectivity index (χ0v) is 20.3. The molecule has 1 amide bonds. The van der Waals surface area contributed by atoms with Crippen LogP contribution in [0.15, 0.2) is 48.8 Å². The second kappa shape index (κ2) is 9.14. The number of amides is 1. The maximum atomic E-state index is 13.3. The van der Waals surface area contributed by atoms with Crippen LogP contribution >= 0.6 is 0 Å². The van der Waals surface area contributed by atoms with Gasteiger partial charge in [-0.05, 0) is 72.7 Å². The molecule has 1 aromatic heterocycles. The monoisotopic (exact) mass is 459 g/mol. The number of aryl methyl sites for hydroxylation is 2. The molecule has 3 atom stereocenters. The standard InChI is InChI=1S/C27H33N5O2/c1-17-5-6-24(32-15-21-11-28-12-22(21)16-32)10-26(17)27(33)30-18(2)19-7-20(9-25(8-19)34-4)23-13-29-31(3)14-23/h5-10,13-14,18,21-22,28H,11-12,15-16H2,1-4H3,(H,30,33)/t18-,21?,22?/m1/s1. The highest BCUT2D eigenvalue weighted by atomic mass is 16.5. The van der Waals surface area contributed by atoms with E-state index in [2.05, 4.69) is 44.9 Å². The van der Waals surface area contributed by atoms with Crippen LogP contribution in [0.25, 0.3) is 11.1 Å². The molecule has 2 saturated heterocycles. The Hall–Kier alpha value is -3.32. The molecule has 2 aromatic carbocycles. The molecule has 7 heteroatoms. The lowest BCUT2D eigenvalue weighted by atomic mass is 10.0. The summed E-state index contributed by atoms with van der Waals surface area (Å²) in [6.07, 6.45) is 3.80. The Kier molecular flexibility index (Phi) is 6.04. The molecule has 0 saturated carbocycles. The van der Waals surface area contributed by atoms with Crippen molar-refractivity contribution in [1.82, 2.24) is 20.4 Å². The number of methoxy groups -OCH3 is 1. The topological polar surface area (TPSA) is 71.4 Å². The molecule has 2 N–H and O–H groups in total. The molecule has 5 rings (SSSR count). The van der Waals surface area contributed by atoms with Crippen LogP contribution < -0.4 is 20.3 Å². The highest BCUT2D eigenvalue weighted by Gasteiger charge is 2.36. The first kappa shape index (κ1) is 22.5. The van der Waals surface area contributed by atoms with E-state index in [0.29, 0.717) is 11.8 Å². The smallest absolute Gasteiger partial charge is 0.252 e. The van der Waals surface area contributed by atoms with Crippen molar-refractivity contribution < 1.29 is 9.53 Å². The minimum Gasteiger partial charge on any atom is -0.497 e. The number of carbonyl (C=O) groups is 1. The molecule has 0 bridgehead atoms. The molecule has 2 unspecified atom stereocenters. The summed E-state index contributed by atoms with van der Waals surface area (Å²) in [5.74, 6) is 2.12. The molecular weight excluding hydrogens is 426 g/mol. The Morgan fingerprint density at radius 3 is 2.59 bits per heavy atom. The lowest BCUT2D eigenvalue weighted by molar-refractivity contribution is 0.0939. The number of nitrogens with one attached hydrogen (secondary N) is 2. The van der Waals surface area contributed by atoms with Gasteiger partial charge in [0.1, 0.15) is 5.75 Å². The number of carbonyl (C=O) groups excluding carboxylic acids is 1. The molecule has 3 heterocycles. The van der Waals surface area contributed by atoms with Crippen LogP contribution in [0.1, 0.15) is 34.5 Å². The van der Waals surface area contributed by atoms with E-state index in [1.807, 2.05) is 45.4 Å². The van der Waals surface area contributed by atoms with Crippen molar-refractivity contribution in [1.29, 1.82) is 0 Å². The normalized spacial score (nSPS) is 20.3. The third-order valence-corrected chi connectivity index (χ3v) is 7.27. The molecule has 7 nitrogen and oxygen atoms in total. The maximum absolute atomic E-state index is 13.3. The average Bonchev–Trinajstić information content (AvgIpc) is 3.55. The van der Waals surface area contributed by atoms with Gasteiger partial charge in [0.05, 0.1) is 19.3 Å². The number of hydrogen-bond donors (Lipinski definition) is 2. The van der Waals surface area contributed by atoms with E-state index in [0.717, 1.165) is 65.4 Å². The first-order valence-corrected chi connectivity index (χ1v) is 12.0. The van der Waals surface area contributed by atoms with E-state index >= 15 is 0 Å². The van der Waals surface area contributed by atoms with Crippen LogP contribution in [0.5, 0.6) is 5.75 Å². The van der Waals surface area contributed by atoms with Crippen LogP contribution in [-0.2, 0) is 7.05 Å². The summed E-state index contributed by atoms with van der Waals surface area (Å²) < 4.78 is 7.31. The summed E-state index contributed by atoms with van der Waals surface area (Å²) in [7, 11) is 3.56. The van der Waals surface area contributed by atoms with Crippen LogP contribution in [0.2, 0.25) is 0 Å². The second-order valence-electron chi connectivity index (χ2n) is 9.68. The summed E-state index contributed by atoms with van der Waals surface area (Å²) in [6, 6.07) is 12.1. The molecule has 2 aliphatic heterocycles. The molecule has 0 aliphatic carbocycles. The van der Waals surface area contributed by atoms with E-state index in [1.165, 1.54) is 0 Å². The molecule has 0 spiro atoms. The summed E-state index contributed by atoms with van der Waals surface area (Å²) in [6.45, 7) is 8.31. The number of hydrogen-bond acceptors (Lipinski definition) is 5. The van der Waals surface area contributed by atoms with Gasteiger partial charge in [0.15, 0.2) is 0 Å². The van der Waals surface area contributed by atoms with Gasteiger partial charge in [0.25, 0.3) is 5.91 Å². The SMILES string of the molecule is COc1cc(-c2cnn(C)c2)cc([C@@H](C)NC(=O)c2cc(N3CC4CNCC4C3)ccc2C)c1. The molecule has 0 radical (unpaired) electrons. The fourth-order valence-electron chi connectivity index (χ4n) is 5.20. The highest BCUT2D eigenvalue weighted by molar-refractivity contribution is 5.97. The third-order valence-electron chi connectivity index (χ3n) is 7.27. The summed E-state index contributed by atoms with van der Waals surface area (Å²) in [5.41, 5.74) is 5.86. The number of aromatic nitrogens is 2. The van der Waals surface area contributed by atoms with E-state index in [-0.39, 0.29) is 11.9 Å². The van der Waals surface area contributed by atoms with Gasteiger partial charge in [-0.25, -0.2) is 0 Å². The number of ether oxygens (including phenoxy) is 1. The summed E-state index contributed by atoms with van der Waals surface area (Å²) >= 11 is 0. The number of benzene rings is 2. The van der Waals surface area contributed by atoms with E-state index in [9.17, 15) is 4.79 Å². The van der Waals surface area contributed by atoms with Gasteiger partial charge in [0, 0.05) is 56.2 Å². The van der Waals surface area contributed by atoms with Crippen molar-refractivity contribution >= 4 is 11.6 Å². The Labute approximate surface area is 201 Å². The number of rotatable bonds is 6. The Balaban J connectivity index is 1.35. The minimum absolute atomic E-state index is 0.0568. The Bertz CT molecular complexity index is 1190. The Morgan fingerprint density at radius 1 is 1.15 bits per heavy atom. The van der Waals surface area contributed by atoms with E-state index < -0.39 is 0 Å². The van der Waals surface area contributed by atoms with Gasteiger partial charge < -0.3 is 20.3 Å². The predicted molar refractivity (Wildman–Crippen MR) is 134 cm³/mol. The largest absolute Gasteiger partial charge is 0.497 e. The molecule has 178 valence electrons. The average molecular weight is 460 g/mol. The van der Waals surface area contributed by atoms with Crippen LogP contribution in [-0.4, -0.2) is 49.0 Å². The minimum atomic E-state index is -0.182. The fraction of sp³-hybridized carbons (Fsp3) is 0.407. The molecule has 2 aliphatic rings. The predicted octanol–water partition coefficient (Wildman–Crippen LogP) is 3.55. The second-order valence-corrected chi connectivity index (χ2v) is 9.68. The quantitative estimate of drug-likeness (QED) is 0.590. The first-order chi connectivity index (χ1) is 16.4. The van der Waals surface area contributed by atoms with Crippen molar-refractivity contribution in [3.05, 3.63) is 65.5 Å².